The number of carbonyl (C=O) groups is 1. The number of fused-ring (bicyclic) bond motifs is 1. The summed E-state index contributed by atoms with van der Waals surface area (Å²) in [7, 11) is 0. The summed E-state index contributed by atoms with van der Waals surface area (Å²) < 4.78 is 6.16. The zero-order valence-electron chi connectivity index (χ0n) is 8.52. The van der Waals surface area contributed by atoms with Crippen molar-refractivity contribution in [2.45, 2.75) is 25.9 Å². The van der Waals surface area contributed by atoms with Crippen LogP contribution in [0, 0.1) is 0 Å². The summed E-state index contributed by atoms with van der Waals surface area (Å²) in [5, 5.41) is 0.793. The predicted octanol–water partition coefficient (Wildman–Crippen LogP) is 4.50. The van der Waals surface area contributed by atoms with Crippen LogP contribution in [-0.4, -0.2) is 11.9 Å². The van der Waals surface area contributed by atoms with E-state index in [-0.39, 0.29) is 5.78 Å². The number of benzene rings is 1. The lowest BCUT2D eigenvalue weighted by Gasteiger charge is -2.07. The molecular formula is C11H9BrCl2O2. The fourth-order valence-electron chi connectivity index (χ4n) is 1.72. The Morgan fingerprint density at radius 3 is 2.81 bits per heavy atom. The molecule has 1 aliphatic heterocycles. The molecule has 5 heteroatoms. The highest BCUT2D eigenvalue weighted by molar-refractivity contribution is 9.10. The fraction of sp³-hybridized carbons (Fsp3) is 0.364. The fourth-order valence-corrected chi connectivity index (χ4v) is 2.76. The average molecular weight is 324 g/mol. The van der Waals surface area contributed by atoms with Gasteiger partial charge in [-0.2, -0.15) is 0 Å². The molecule has 0 saturated carbocycles. The standard InChI is InChI=1S/C11H9BrCl2O2/c1-2-3-7-10(15)8-9(14)5(12)4-6(13)11(8)16-7/h4,7H,2-3H2,1H3. The quantitative estimate of drug-likeness (QED) is 0.749. The van der Waals surface area contributed by atoms with E-state index in [4.69, 9.17) is 27.9 Å². The van der Waals surface area contributed by atoms with Crippen molar-refractivity contribution >= 4 is 44.9 Å². The van der Waals surface area contributed by atoms with Crippen molar-refractivity contribution in [1.29, 1.82) is 0 Å². The molecule has 1 atom stereocenters. The highest BCUT2D eigenvalue weighted by atomic mass is 79.9. The van der Waals surface area contributed by atoms with E-state index >= 15 is 0 Å². The summed E-state index contributed by atoms with van der Waals surface area (Å²) >= 11 is 15.3. The molecule has 0 fully saturated rings. The number of halogens is 3. The summed E-state index contributed by atoms with van der Waals surface area (Å²) in [6.45, 7) is 2.00. The Balaban J connectivity index is 2.51. The van der Waals surface area contributed by atoms with Gasteiger partial charge in [-0.15, -0.1) is 0 Å². The summed E-state index contributed by atoms with van der Waals surface area (Å²) in [6.07, 6.45) is 1.11. The third-order valence-electron chi connectivity index (χ3n) is 2.48. The molecule has 0 spiro atoms. The number of hydrogen-bond acceptors (Lipinski definition) is 2. The number of ketones is 1. The first-order valence-corrected chi connectivity index (χ1v) is 6.49. The number of Topliss-reactive ketones (excluding diaryl/α,β-unsaturated/α-hetero) is 1. The first-order valence-electron chi connectivity index (χ1n) is 4.94. The first kappa shape index (κ1) is 12.2. The summed E-state index contributed by atoms with van der Waals surface area (Å²) in [4.78, 5) is 12.0. The highest BCUT2D eigenvalue weighted by Gasteiger charge is 2.36. The van der Waals surface area contributed by atoms with Gasteiger partial charge in [0.05, 0.1) is 15.6 Å². The van der Waals surface area contributed by atoms with Gasteiger partial charge in [0, 0.05) is 4.47 Å². The van der Waals surface area contributed by atoms with Crippen molar-refractivity contribution in [1.82, 2.24) is 0 Å². The minimum absolute atomic E-state index is 0.0787. The van der Waals surface area contributed by atoms with Gasteiger partial charge in [-0.25, -0.2) is 0 Å². The van der Waals surface area contributed by atoms with Crippen molar-refractivity contribution in [2.75, 3.05) is 0 Å². The van der Waals surface area contributed by atoms with Gasteiger partial charge in [0.25, 0.3) is 0 Å². The molecule has 2 rings (SSSR count). The molecular weight excluding hydrogens is 315 g/mol. The van der Waals surface area contributed by atoms with Gasteiger partial charge in [0.2, 0.25) is 5.78 Å². The van der Waals surface area contributed by atoms with E-state index in [0.717, 1.165) is 6.42 Å². The molecule has 1 heterocycles. The molecule has 0 bridgehead atoms. The van der Waals surface area contributed by atoms with Crippen LogP contribution in [0.1, 0.15) is 30.1 Å². The molecule has 1 aromatic carbocycles. The molecule has 2 nitrogen and oxygen atoms in total. The molecule has 0 aromatic heterocycles. The number of rotatable bonds is 2. The smallest absolute Gasteiger partial charge is 0.208 e. The Labute approximate surface area is 112 Å². The van der Waals surface area contributed by atoms with Crippen LogP contribution in [-0.2, 0) is 0 Å². The largest absolute Gasteiger partial charge is 0.480 e. The lowest BCUT2D eigenvalue weighted by Crippen LogP contribution is -2.19. The Bertz CT molecular complexity index is 460. The molecule has 1 aromatic rings. The predicted molar refractivity (Wildman–Crippen MR) is 67.8 cm³/mol. The Hall–Kier alpha value is -0.250. The zero-order chi connectivity index (χ0) is 11.9. The number of ether oxygens (including phenoxy) is 1. The Kier molecular flexibility index (Phi) is 3.48. The topological polar surface area (TPSA) is 26.3 Å². The van der Waals surface area contributed by atoms with Gasteiger partial charge in [-0.05, 0) is 28.4 Å². The Morgan fingerprint density at radius 2 is 2.19 bits per heavy atom. The minimum Gasteiger partial charge on any atom is -0.480 e. The first-order chi connectivity index (χ1) is 7.56. The molecule has 1 aliphatic rings. The monoisotopic (exact) mass is 322 g/mol. The summed E-state index contributed by atoms with van der Waals surface area (Å²) in [6, 6.07) is 1.64. The van der Waals surface area contributed by atoms with E-state index in [2.05, 4.69) is 15.9 Å². The lowest BCUT2D eigenvalue weighted by molar-refractivity contribution is 0.0845. The summed E-state index contributed by atoms with van der Waals surface area (Å²) in [5.41, 5.74) is 0.402. The van der Waals surface area contributed by atoms with Crippen molar-refractivity contribution in [3.05, 3.63) is 26.1 Å². The molecule has 0 radical (unpaired) electrons. The third-order valence-corrected chi connectivity index (χ3v) is 4.00. The molecule has 0 amide bonds. The van der Waals surface area contributed by atoms with Gasteiger partial charge in [0.15, 0.2) is 11.9 Å². The molecule has 0 aliphatic carbocycles. The van der Waals surface area contributed by atoms with Crippen molar-refractivity contribution in [3.63, 3.8) is 0 Å². The minimum atomic E-state index is -0.440. The van der Waals surface area contributed by atoms with Crippen LogP contribution in [0.5, 0.6) is 5.75 Å². The lowest BCUT2D eigenvalue weighted by atomic mass is 10.1. The molecule has 86 valence electrons. The molecule has 16 heavy (non-hydrogen) atoms. The van der Waals surface area contributed by atoms with Crippen LogP contribution < -0.4 is 4.74 Å². The van der Waals surface area contributed by atoms with Crippen LogP contribution in [0.4, 0.5) is 0 Å². The maximum Gasteiger partial charge on any atom is 0.208 e. The van der Waals surface area contributed by atoms with Gasteiger partial charge in [-0.1, -0.05) is 36.5 Å². The zero-order valence-corrected chi connectivity index (χ0v) is 11.6. The second kappa shape index (κ2) is 4.55. The van der Waals surface area contributed by atoms with E-state index in [0.29, 0.717) is 32.3 Å². The van der Waals surface area contributed by atoms with Crippen molar-refractivity contribution < 1.29 is 9.53 Å². The van der Waals surface area contributed by atoms with E-state index in [1.807, 2.05) is 6.92 Å². The van der Waals surface area contributed by atoms with E-state index in [1.165, 1.54) is 0 Å². The number of hydrogen-bond donors (Lipinski definition) is 0. The van der Waals surface area contributed by atoms with Gasteiger partial charge in [0.1, 0.15) is 0 Å². The molecule has 1 unspecified atom stereocenters. The van der Waals surface area contributed by atoms with Gasteiger partial charge >= 0.3 is 0 Å². The maximum absolute atomic E-state index is 12.0. The second-order valence-electron chi connectivity index (χ2n) is 3.62. The van der Waals surface area contributed by atoms with Crippen LogP contribution in [0.25, 0.3) is 0 Å². The third kappa shape index (κ3) is 1.85. The number of carbonyl (C=O) groups excluding carboxylic acids is 1. The van der Waals surface area contributed by atoms with E-state index in [9.17, 15) is 4.79 Å². The maximum atomic E-state index is 12.0. The molecule has 0 saturated heterocycles. The van der Waals surface area contributed by atoms with Crippen LogP contribution >= 0.6 is 39.1 Å². The van der Waals surface area contributed by atoms with Crippen molar-refractivity contribution in [2.24, 2.45) is 0 Å². The molecule has 0 N–H and O–H groups in total. The van der Waals surface area contributed by atoms with E-state index < -0.39 is 6.10 Å². The van der Waals surface area contributed by atoms with Crippen molar-refractivity contribution in [3.8, 4) is 5.75 Å². The van der Waals surface area contributed by atoms with Gasteiger partial charge in [-0.3, -0.25) is 4.79 Å². The SMILES string of the molecule is CCCC1Oc2c(Cl)cc(Br)c(Cl)c2C1=O. The second-order valence-corrected chi connectivity index (χ2v) is 5.26. The van der Waals surface area contributed by atoms with E-state index in [1.54, 1.807) is 6.07 Å². The van der Waals surface area contributed by atoms with Crippen LogP contribution in [0.15, 0.2) is 10.5 Å². The van der Waals surface area contributed by atoms with Crippen LogP contribution in [0.3, 0.4) is 0 Å². The summed E-state index contributed by atoms with van der Waals surface area (Å²) in [5.74, 6) is 0.336. The van der Waals surface area contributed by atoms with Crippen LogP contribution in [0.2, 0.25) is 10.0 Å². The Morgan fingerprint density at radius 1 is 1.50 bits per heavy atom. The van der Waals surface area contributed by atoms with Gasteiger partial charge < -0.3 is 4.74 Å². The average Bonchev–Trinajstić information content (AvgIpc) is 2.55. The normalized spacial score (nSPS) is 18.5. The highest BCUT2D eigenvalue weighted by Crippen LogP contribution is 2.44.